The predicted molar refractivity (Wildman–Crippen MR) is 34.2 cm³/mol. The van der Waals surface area contributed by atoms with E-state index in [1.165, 1.54) is 6.92 Å². The molecule has 0 aromatic heterocycles. The van der Waals surface area contributed by atoms with Gasteiger partial charge in [-0.15, -0.1) is 23.2 Å². The second kappa shape index (κ2) is 3.98. The van der Waals surface area contributed by atoms with Crippen molar-refractivity contribution in [3.05, 3.63) is 0 Å². The van der Waals surface area contributed by atoms with Gasteiger partial charge in [-0.05, 0) is 0 Å². The van der Waals surface area contributed by atoms with E-state index in [1.54, 1.807) is 0 Å². The molecule has 1 N–H and O–H groups in total. The lowest BCUT2D eigenvalue weighted by atomic mass is 10.6. The van der Waals surface area contributed by atoms with Crippen LogP contribution in [0, 0.1) is 0 Å². The Hall–Kier alpha value is 0.0500. The second-order valence-corrected chi connectivity index (χ2v) is 2.61. The first kappa shape index (κ1) is 8.05. The molecule has 0 atom stereocenters. The van der Waals surface area contributed by atoms with Gasteiger partial charge in [0.2, 0.25) is 5.91 Å². The second-order valence-electron chi connectivity index (χ2n) is 1.33. The molecule has 0 fully saturated rings. The van der Waals surface area contributed by atoms with Gasteiger partial charge in [0.25, 0.3) is 0 Å². The summed E-state index contributed by atoms with van der Waals surface area (Å²) in [7, 11) is 0. The zero-order valence-corrected chi connectivity index (χ0v) is 5.96. The third-order valence-electron chi connectivity index (χ3n) is 0.505. The largest absolute Gasteiger partial charge is 0.354 e. The van der Waals surface area contributed by atoms with Gasteiger partial charge in [-0.2, -0.15) is 0 Å². The fourth-order valence-corrected chi connectivity index (χ4v) is 0.375. The van der Waals surface area contributed by atoms with Gasteiger partial charge in [0.1, 0.15) is 4.84 Å². The van der Waals surface area contributed by atoms with E-state index in [2.05, 4.69) is 5.32 Å². The van der Waals surface area contributed by atoms with E-state index in [4.69, 9.17) is 23.2 Å². The van der Waals surface area contributed by atoms with Crippen LogP contribution in [-0.4, -0.2) is 17.3 Å². The van der Waals surface area contributed by atoms with Crippen LogP contribution < -0.4 is 5.32 Å². The molecule has 0 heterocycles. The maximum atomic E-state index is 10.1. The van der Waals surface area contributed by atoms with Crippen molar-refractivity contribution in [3.8, 4) is 0 Å². The van der Waals surface area contributed by atoms with Gasteiger partial charge in [0.15, 0.2) is 0 Å². The van der Waals surface area contributed by atoms with Crippen molar-refractivity contribution < 1.29 is 4.79 Å². The van der Waals surface area contributed by atoms with Crippen molar-refractivity contribution in [1.29, 1.82) is 0 Å². The third-order valence-corrected chi connectivity index (χ3v) is 0.814. The monoisotopic (exact) mass is 155 g/mol. The normalized spacial score (nSPS) is 9.50. The Labute approximate surface area is 58.2 Å². The van der Waals surface area contributed by atoms with Crippen molar-refractivity contribution in [2.75, 3.05) is 6.54 Å². The number of nitrogens with one attached hydrogen (secondary N) is 1. The molecule has 2 nitrogen and oxygen atoms in total. The Kier molecular flexibility index (Phi) is 4.01. The van der Waals surface area contributed by atoms with E-state index in [1.807, 2.05) is 0 Å². The summed E-state index contributed by atoms with van der Waals surface area (Å²) in [4.78, 5) is 9.62. The van der Waals surface area contributed by atoms with Gasteiger partial charge in [0.05, 0.1) is 0 Å². The summed E-state index contributed by atoms with van der Waals surface area (Å²) in [6, 6.07) is 0. The average Bonchev–Trinajstić information content (AvgIpc) is 1.61. The lowest BCUT2D eigenvalue weighted by molar-refractivity contribution is -0.118. The quantitative estimate of drug-likeness (QED) is 0.592. The zero-order chi connectivity index (χ0) is 6.57. The molecule has 0 bridgehead atoms. The van der Waals surface area contributed by atoms with Crippen LogP contribution >= 0.6 is 23.2 Å². The highest BCUT2D eigenvalue weighted by atomic mass is 35.5. The summed E-state index contributed by atoms with van der Waals surface area (Å²) in [5.41, 5.74) is 0. The molecule has 0 aliphatic heterocycles. The summed E-state index contributed by atoms with van der Waals surface area (Å²) in [6.45, 7) is 1.73. The van der Waals surface area contributed by atoms with Crippen molar-refractivity contribution >= 4 is 29.1 Å². The first-order chi connectivity index (χ1) is 3.63. The number of carbonyl (C=O) groups excluding carboxylic acids is 1. The molecule has 0 radical (unpaired) electrons. The minimum Gasteiger partial charge on any atom is -0.354 e. The SMILES string of the molecule is CC(=O)NCC(Cl)Cl. The van der Waals surface area contributed by atoms with Crippen molar-refractivity contribution in [2.45, 2.75) is 11.8 Å². The molecule has 0 aliphatic carbocycles. The van der Waals surface area contributed by atoms with Gasteiger partial charge in [0, 0.05) is 13.5 Å². The van der Waals surface area contributed by atoms with Crippen molar-refractivity contribution in [3.63, 3.8) is 0 Å². The standard InChI is InChI=1S/C4H7Cl2NO/c1-3(8)7-2-4(5)6/h4H,2H2,1H3,(H,7,8). The molecule has 48 valence electrons. The molecule has 0 spiro atoms. The summed E-state index contributed by atoms with van der Waals surface area (Å²) in [5, 5.41) is 2.44. The molecular formula is C4H7Cl2NO. The maximum Gasteiger partial charge on any atom is 0.216 e. The Morgan fingerprint density at radius 1 is 1.75 bits per heavy atom. The minimum atomic E-state index is -0.501. The Bertz CT molecular complexity index is 84.1. The number of hydrogen-bond acceptors (Lipinski definition) is 1. The van der Waals surface area contributed by atoms with E-state index in [0.29, 0.717) is 6.54 Å². The molecule has 0 unspecified atom stereocenters. The number of rotatable bonds is 2. The van der Waals surface area contributed by atoms with E-state index < -0.39 is 4.84 Å². The smallest absolute Gasteiger partial charge is 0.216 e. The molecule has 0 aromatic rings. The fraction of sp³-hybridized carbons (Fsp3) is 0.750. The van der Waals surface area contributed by atoms with Crippen LogP contribution in [0.15, 0.2) is 0 Å². The molecule has 0 saturated heterocycles. The van der Waals surface area contributed by atoms with E-state index >= 15 is 0 Å². The molecule has 0 aliphatic rings. The van der Waals surface area contributed by atoms with Crippen LogP contribution in [0.2, 0.25) is 0 Å². The summed E-state index contributed by atoms with van der Waals surface area (Å²) in [6.07, 6.45) is 0. The number of hydrogen-bond donors (Lipinski definition) is 1. The molecule has 0 aromatic carbocycles. The highest BCUT2D eigenvalue weighted by molar-refractivity contribution is 6.44. The van der Waals surface area contributed by atoms with Crippen LogP contribution in [0.3, 0.4) is 0 Å². The maximum absolute atomic E-state index is 10.1. The summed E-state index contributed by atoms with van der Waals surface area (Å²) < 4.78 is 0. The van der Waals surface area contributed by atoms with Gasteiger partial charge in [-0.25, -0.2) is 0 Å². The highest BCUT2D eigenvalue weighted by Gasteiger charge is 1.96. The molecule has 0 saturated carbocycles. The Morgan fingerprint density at radius 2 is 2.25 bits per heavy atom. The molecule has 0 rings (SSSR count). The van der Waals surface area contributed by atoms with Crippen molar-refractivity contribution in [2.24, 2.45) is 0 Å². The molecule has 1 amide bonds. The number of halogens is 2. The first-order valence-corrected chi connectivity index (χ1v) is 3.03. The third kappa shape index (κ3) is 6.05. The number of amides is 1. The van der Waals surface area contributed by atoms with Crippen LogP contribution in [0.25, 0.3) is 0 Å². The number of alkyl halides is 2. The molecular weight excluding hydrogens is 149 g/mol. The highest BCUT2D eigenvalue weighted by Crippen LogP contribution is 1.97. The van der Waals surface area contributed by atoms with E-state index in [-0.39, 0.29) is 5.91 Å². The molecule has 4 heteroatoms. The topological polar surface area (TPSA) is 29.1 Å². The Morgan fingerprint density at radius 3 is 2.38 bits per heavy atom. The lowest BCUT2D eigenvalue weighted by Crippen LogP contribution is -2.24. The van der Waals surface area contributed by atoms with Crippen LogP contribution in [0.4, 0.5) is 0 Å². The lowest BCUT2D eigenvalue weighted by Gasteiger charge is -1.99. The summed E-state index contributed by atoms with van der Waals surface area (Å²) in [5.74, 6) is -0.115. The first-order valence-electron chi connectivity index (χ1n) is 2.15. The zero-order valence-electron chi connectivity index (χ0n) is 4.45. The van der Waals surface area contributed by atoms with Crippen LogP contribution in [0.1, 0.15) is 6.92 Å². The van der Waals surface area contributed by atoms with Crippen LogP contribution in [0.5, 0.6) is 0 Å². The van der Waals surface area contributed by atoms with E-state index in [9.17, 15) is 4.79 Å². The summed E-state index contributed by atoms with van der Waals surface area (Å²) >= 11 is 10.5. The number of carbonyl (C=O) groups is 1. The Balaban J connectivity index is 3.05. The van der Waals surface area contributed by atoms with Gasteiger partial charge in [-0.1, -0.05) is 0 Å². The van der Waals surface area contributed by atoms with Crippen LogP contribution in [-0.2, 0) is 4.79 Å². The molecule has 8 heavy (non-hydrogen) atoms. The average molecular weight is 156 g/mol. The fourth-order valence-electron chi connectivity index (χ4n) is 0.221. The van der Waals surface area contributed by atoms with Crippen molar-refractivity contribution in [1.82, 2.24) is 5.32 Å². The van der Waals surface area contributed by atoms with E-state index in [0.717, 1.165) is 0 Å². The van der Waals surface area contributed by atoms with Gasteiger partial charge in [-0.3, -0.25) is 4.79 Å². The van der Waals surface area contributed by atoms with Gasteiger partial charge >= 0.3 is 0 Å². The van der Waals surface area contributed by atoms with Gasteiger partial charge < -0.3 is 5.32 Å². The minimum absolute atomic E-state index is 0.115. The predicted octanol–water partition coefficient (Wildman–Crippen LogP) is 0.926.